The molecule has 19 heavy (non-hydrogen) atoms. The van der Waals surface area contributed by atoms with E-state index >= 15 is 0 Å². The van der Waals surface area contributed by atoms with Gasteiger partial charge in [-0.25, -0.2) is 4.39 Å². The molecular weight excluding hydrogens is 245 g/mol. The monoisotopic (exact) mass is 261 g/mol. The highest BCUT2D eigenvalue weighted by atomic mass is 19.1. The molecule has 0 aromatic heterocycles. The van der Waals surface area contributed by atoms with Crippen LogP contribution in [0.3, 0.4) is 0 Å². The summed E-state index contributed by atoms with van der Waals surface area (Å²) in [6, 6.07) is 10.1. The van der Waals surface area contributed by atoms with E-state index in [1.165, 1.54) is 12.1 Å². The van der Waals surface area contributed by atoms with Gasteiger partial charge < -0.3 is 15.2 Å². The van der Waals surface area contributed by atoms with E-state index in [9.17, 15) is 4.39 Å². The van der Waals surface area contributed by atoms with E-state index < -0.39 is 5.82 Å². The Balaban J connectivity index is 2.05. The zero-order valence-corrected chi connectivity index (χ0v) is 10.9. The summed E-state index contributed by atoms with van der Waals surface area (Å²) in [6.07, 6.45) is 0. The Labute approximate surface area is 111 Å². The van der Waals surface area contributed by atoms with Crippen molar-refractivity contribution in [2.45, 2.75) is 13.5 Å². The Bertz CT molecular complexity index is 584. The van der Waals surface area contributed by atoms with Crippen molar-refractivity contribution < 1.29 is 14.2 Å². The first kappa shape index (κ1) is 13.2. The zero-order valence-electron chi connectivity index (χ0n) is 10.9. The lowest BCUT2D eigenvalue weighted by molar-refractivity contribution is 0.411. The van der Waals surface area contributed by atoms with Crippen molar-refractivity contribution >= 4 is 5.69 Å². The van der Waals surface area contributed by atoms with Crippen LogP contribution in [-0.2, 0) is 6.54 Å². The van der Waals surface area contributed by atoms with Gasteiger partial charge in [0.1, 0.15) is 5.75 Å². The van der Waals surface area contributed by atoms with Crippen molar-refractivity contribution in [2.24, 2.45) is 0 Å². The van der Waals surface area contributed by atoms with Crippen molar-refractivity contribution in [3.05, 3.63) is 53.3 Å². The van der Waals surface area contributed by atoms with Gasteiger partial charge in [0, 0.05) is 18.3 Å². The first-order valence-electron chi connectivity index (χ1n) is 5.96. The van der Waals surface area contributed by atoms with Crippen LogP contribution in [0.2, 0.25) is 0 Å². The maximum absolute atomic E-state index is 13.2. The van der Waals surface area contributed by atoms with Crippen molar-refractivity contribution in [3.8, 4) is 11.5 Å². The largest absolute Gasteiger partial charge is 0.505 e. The van der Waals surface area contributed by atoms with E-state index in [2.05, 4.69) is 5.32 Å². The number of phenols is 1. The van der Waals surface area contributed by atoms with E-state index in [1.807, 2.05) is 25.1 Å². The number of nitrogens with one attached hydrogen (secondary N) is 1. The van der Waals surface area contributed by atoms with Crippen LogP contribution in [0.4, 0.5) is 10.1 Å². The summed E-state index contributed by atoms with van der Waals surface area (Å²) in [5.74, 6) is -0.124. The van der Waals surface area contributed by atoms with Crippen LogP contribution in [0, 0.1) is 12.7 Å². The lowest BCUT2D eigenvalue weighted by Gasteiger charge is -2.10. The quantitative estimate of drug-likeness (QED) is 0.828. The molecule has 0 radical (unpaired) electrons. The molecule has 2 rings (SSSR count). The van der Waals surface area contributed by atoms with Crippen molar-refractivity contribution in [1.82, 2.24) is 0 Å². The van der Waals surface area contributed by atoms with Gasteiger partial charge in [0.05, 0.1) is 7.11 Å². The highest BCUT2D eigenvalue weighted by Gasteiger charge is 2.03. The molecule has 2 N–H and O–H groups in total. The number of aryl methyl sites for hydroxylation is 1. The maximum atomic E-state index is 13.2. The molecule has 0 aliphatic rings. The molecule has 0 spiro atoms. The van der Waals surface area contributed by atoms with E-state index in [-0.39, 0.29) is 5.75 Å². The number of methoxy groups -OCH3 is 1. The molecule has 0 atom stereocenters. The summed E-state index contributed by atoms with van der Waals surface area (Å²) in [6.45, 7) is 2.55. The Morgan fingerprint density at radius 1 is 1.21 bits per heavy atom. The number of hydrogen-bond acceptors (Lipinski definition) is 3. The molecule has 0 amide bonds. The molecule has 100 valence electrons. The van der Waals surface area contributed by atoms with Gasteiger partial charge in [0.2, 0.25) is 0 Å². The summed E-state index contributed by atoms with van der Waals surface area (Å²) in [5.41, 5.74) is 2.76. The number of benzene rings is 2. The van der Waals surface area contributed by atoms with Crippen LogP contribution in [0.5, 0.6) is 11.5 Å². The third kappa shape index (κ3) is 3.16. The van der Waals surface area contributed by atoms with Crippen molar-refractivity contribution in [3.63, 3.8) is 0 Å². The molecular formula is C15H16FNO2. The second kappa shape index (κ2) is 5.61. The highest BCUT2D eigenvalue weighted by molar-refractivity contribution is 5.47. The van der Waals surface area contributed by atoms with Crippen molar-refractivity contribution in [2.75, 3.05) is 12.4 Å². The fourth-order valence-corrected chi connectivity index (χ4v) is 1.87. The number of hydrogen-bond donors (Lipinski definition) is 2. The summed E-state index contributed by atoms with van der Waals surface area (Å²) < 4.78 is 18.4. The van der Waals surface area contributed by atoms with Crippen LogP contribution in [0.1, 0.15) is 11.1 Å². The van der Waals surface area contributed by atoms with Gasteiger partial charge in [-0.3, -0.25) is 0 Å². The first-order chi connectivity index (χ1) is 9.10. The van der Waals surface area contributed by atoms with Gasteiger partial charge in [-0.15, -0.1) is 0 Å². The minimum Gasteiger partial charge on any atom is -0.505 e. The average Bonchev–Trinajstić information content (AvgIpc) is 2.40. The number of aromatic hydroxyl groups is 1. The SMILES string of the molecule is COc1ccc(CNc2ccc(O)c(F)c2)cc1C. The lowest BCUT2D eigenvalue weighted by atomic mass is 10.1. The van der Waals surface area contributed by atoms with Gasteiger partial charge in [0.25, 0.3) is 0 Å². The second-order valence-electron chi connectivity index (χ2n) is 4.32. The first-order valence-corrected chi connectivity index (χ1v) is 5.96. The van der Waals surface area contributed by atoms with Crippen LogP contribution < -0.4 is 10.1 Å². The minimum atomic E-state index is -0.629. The molecule has 0 saturated heterocycles. The average molecular weight is 261 g/mol. The molecule has 0 aliphatic heterocycles. The van der Waals surface area contributed by atoms with Gasteiger partial charge in [-0.2, -0.15) is 0 Å². The molecule has 0 aliphatic carbocycles. The minimum absolute atomic E-state index is 0.342. The summed E-state index contributed by atoms with van der Waals surface area (Å²) in [7, 11) is 1.64. The topological polar surface area (TPSA) is 41.5 Å². The predicted octanol–water partition coefficient (Wildman–Crippen LogP) is 3.46. The summed E-state index contributed by atoms with van der Waals surface area (Å²) in [5, 5.41) is 12.2. The van der Waals surface area contributed by atoms with Gasteiger partial charge >= 0.3 is 0 Å². The third-order valence-electron chi connectivity index (χ3n) is 2.90. The van der Waals surface area contributed by atoms with E-state index in [4.69, 9.17) is 9.84 Å². The van der Waals surface area contributed by atoms with E-state index in [1.54, 1.807) is 13.2 Å². The van der Waals surface area contributed by atoms with Crippen LogP contribution in [0.15, 0.2) is 36.4 Å². The normalized spacial score (nSPS) is 10.3. The molecule has 0 heterocycles. The maximum Gasteiger partial charge on any atom is 0.166 e. The fraction of sp³-hybridized carbons (Fsp3) is 0.200. The second-order valence-corrected chi connectivity index (χ2v) is 4.32. The Morgan fingerprint density at radius 3 is 2.63 bits per heavy atom. The molecule has 2 aromatic rings. The van der Waals surface area contributed by atoms with Crippen molar-refractivity contribution in [1.29, 1.82) is 0 Å². The molecule has 3 nitrogen and oxygen atoms in total. The smallest absolute Gasteiger partial charge is 0.166 e. The number of halogens is 1. The van der Waals surface area contributed by atoms with Gasteiger partial charge in [-0.05, 0) is 36.2 Å². The van der Waals surface area contributed by atoms with Crippen LogP contribution in [-0.4, -0.2) is 12.2 Å². The number of ether oxygens (including phenoxy) is 1. The summed E-state index contributed by atoms with van der Waals surface area (Å²) >= 11 is 0. The van der Waals surface area contributed by atoms with Gasteiger partial charge in [0.15, 0.2) is 11.6 Å². The Morgan fingerprint density at radius 2 is 2.00 bits per heavy atom. The van der Waals surface area contributed by atoms with E-state index in [0.29, 0.717) is 12.2 Å². The lowest BCUT2D eigenvalue weighted by Crippen LogP contribution is -2.00. The molecule has 0 bridgehead atoms. The zero-order chi connectivity index (χ0) is 13.8. The molecule has 4 heteroatoms. The molecule has 0 unspecified atom stereocenters. The highest BCUT2D eigenvalue weighted by Crippen LogP contribution is 2.21. The van der Waals surface area contributed by atoms with Crippen LogP contribution in [0.25, 0.3) is 0 Å². The Kier molecular flexibility index (Phi) is 3.90. The number of rotatable bonds is 4. The standard InChI is InChI=1S/C15H16FNO2/c1-10-7-11(3-6-15(10)19-2)9-17-12-4-5-14(18)13(16)8-12/h3-8,17-18H,9H2,1-2H3. The molecule has 0 saturated carbocycles. The number of phenolic OH excluding ortho intramolecular Hbond substituents is 1. The Hall–Kier alpha value is -2.23. The third-order valence-corrected chi connectivity index (χ3v) is 2.90. The number of anilines is 1. The molecule has 2 aromatic carbocycles. The predicted molar refractivity (Wildman–Crippen MR) is 73.1 cm³/mol. The fourth-order valence-electron chi connectivity index (χ4n) is 1.87. The van der Waals surface area contributed by atoms with E-state index in [0.717, 1.165) is 16.9 Å². The van der Waals surface area contributed by atoms with Gasteiger partial charge in [-0.1, -0.05) is 12.1 Å². The molecule has 0 fully saturated rings. The van der Waals surface area contributed by atoms with Crippen LogP contribution >= 0.6 is 0 Å². The summed E-state index contributed by atoms with van der Waals surface area (Å²) in [4.78, 5) is 0.